The van der Waals surface area contributed by atoms with E-state index in [2.05, 4.69) is 10.0 Å². The normalized spacial score (nSPS) is 11.5. The molecule has 1 aromatic carbocycles. The van der Waals surface area contributed by atoms with Gasteiger partial charge in [-0.05, 0) is 25.2 Å². The Kier molecular flexibility index (Phi) is 4.46. The van der Waals surface area contributed by atoms with E-state index in [0.717, 1.165) is 4.88 Å². The van der Waals surface area contributed by atoms with Crippen LogP contribution in [0.3, 0.4) is 0 Å². The van der Waals surface area contributed by atoms with Crippen molar-refractivity contribution in [2.75, 3.05) is 11.8 Å². The summed E-state index contributed by atoms with van der Waals surface area (Å²) in [5.41, 5.74) is 0.380. The van der Waals surface area contributed by atoms with Crippen molar-refractivity contribution in [3.05, 3.63) is 45.6 Å². The molecule has 4 nitrogen and oxygen atoms in total. The van der Waals surface area contributed by atoms with Crippen LogP contribution < -0.4 is 10.0 Å². The predicted molar refractivity (Wildman–Crippen MR) is 79.3 cm³/mol. The summed E-state index contributed by atoms with van der Waals surface area (Å²) in [7, 11) is -1.77. The summed E-state index contributed by atoms with van der Waals surface area (Å²) in [6.45, 7) is 0.645. The van der Waals surface area contributed by atoms with Crippen molar-refractivity contribution in [2.24, 2.45) is 0 Å². The Morgan fingerprint density at radius 3 is 2.74 bits per heavy atom. The number of hydrogen-bond donors (Lipinski definition) is 2. The molecule has 1 aromatic heterocycles. The smallest absolute Gasteiger partial charge is 0.262 e. The van der Waals surface area contributed by atoms with E-state index in [9.17, 15) is 8.42 Å². The first kappa shape index (κ1) is 14.3. The standard InChI is InChI=1S/C12H13ClN2O2S2/c1-14-7-9-6-10(8-18-9)19(16,17)15-12-5-3-2-4-11(12)13/h2-6,8,14-15H,7H2,1H3. The molecule has 0 aliphatic rings. The molecule has 19 heavy (non-hydrogen) atoms. The van der Waals surface area contributed by atoms with Gasteiger partial charge in [-0.25, -0.2) is 8.42 Å². The van der Waals surface area contributed by atoms with Gasteiger partial charge >= 0.3 is 0 Å². The van der Waals surface area contributed by atoms with Crippen molar-refractivity contribution < 1.29 is 8.42 Å². The van der Waals surface area contributed by atoms with Crippen molar-refractivity contribution in [1.82, 2.24) is 5.32 Å². The number of benzene rings is 1. The maximum absolute atomic E-state index is 12.2. The zero-order valence-electron chi connectivity index (χ0n) is 10.2. The second-order valence-corrected chi connectivity index (χ2v) is 6.95. The Labute approximate surface area is 121 Å². The van der Waals surface area contributed by atoms with Crippen molar-refractivity contribution in [1.29, 1.82) is 0 Å². The second kappa shape index (κ2) is 5.92. The van der Waals surface area contributed by atoms with Crippen LogP contribution in [0.4, 0.5) is 5.69 Å². The van der Waals surface area contributed by atoms with Gasteiger partial charge in [0.25, 0.3) is 10.0 Å². The van der Waals surface area contributed by atoms with Gasteiger partial charge in [-0.15, -0.1) is 11.3 Å². The minimum Gasteiger partial charge on any atom is -0.315 e. The zero-order valence-corrected chi connectivity index (χ0v) is 12.6. The molecular weight excluding hydrogens is 304 g/mol. The van der Waals surface area contributed by atoms with Crippen molar-refractivity contribution in [3.63, 3.8) is 0 Å². The Hall–Kier alpha value is -1.08. The van der Waals surface area contributed by atoms with Crippen LogP contribution in [0.15, 0.2) is 40.6 Å². The highest BCUT2D eigenvalue weighted by molar-refractivity contribution is 7.92. The molecule has 2 rings (SSSR count). The average molecular weight is 317 g/mol. The number of thiophene rings is 1. The third-order valence-corrected chi connectivity index (χ3v) is 5.17. The largest absolute Gasteiger partial charge is 0.315 e. The van der Waals surface area contributed by atoms with Gasteiger partial charge in [-0.2, -0.15) is 0 Å². The number of nitrogens with one attached hydrogen (secondary N) is 2. The number of rotatable bonds is 5. The first-order valence-electron chi connectivity index (χ1n) is 5.52. The fourth-order valence-electron chi connectivity index (χ4n) is 1.52. The summed E-state index contributed by atoms with van der Waals surface area (Å²) in [5, 5.41) is 4.97. The van der Waals surface area contributed by atoms with Gasteiger partial charge < -0.3 is 5.32 Å². The lowest BCUT2D eigenvalue weighted by Crippen LogP contribution is -2.12. The molecule has 102 valence electrons. The van der Waals surface area contributed by atoms with Crippen molar-refractivity contribution in [2.45, 2.75) is 11.4 Å². The fraction of sp³-hybridized carbons (Fsp3) is 0.167. The SMILES string of the molecule is CNCc1cc(S(=O)(=O)Nc2ccccc2Cl)cs1. The average Bonchev–Trinajstić information content (AvgIpc) is 2.82. The summed E-state index contributed by atoms with van der Waals surface area (Å²) in [6, 6.07) is 8.39. The van der Waals surface area contributed by atoms with Gasteiger partial charge in [0.2, 0.25) is 0 Å². The van der Waals surface area contributed by atoms with Gasteiger partial charge in [0, 0.05) is 16.8 Å². The van der Waals surface area contributed by atoms with Crippen LogP contribution in [0, 0.1) is 0 Å². The molecule has 0 unspecified atom stereocenters. The minimum absolute atomic E-state index is 0.252. The van der Waals surface area contributed by atoms with Crippen molar-refractivity contribution in [3.8, 4) is 0 Å². The van der Waals surface area contributed by atoms with Crippen LogP contribution >= 0.6 is 22.9 Å². The fourth-order valence-corrected chi connectivity index (χ4v) is 4.12. The Morgan fingerprint density at radius 1 is 1.32 bits per heavy atom. The van der Waals surface area contributed by atoms with Crippen LogP contribution in [0.2, 0.25) is 5.02 Å². The lowest BCUT2D eigenvalue weighted by Gasteiger charge is -2.07. The minimum atomic E-state index is -3.59. The van der Waals surface area contributed by atoms with Crippen molar-refractivity contribution >= 4 is 38.6 Å². The summed E-state index contributed by atoms with van der Waals surface area (Å²) >= 11 is 7.34. The Bertz CT molecular complexity index is 668. The molecule has 0 saturated heterocycles. The first-order valence-corrected chi connectivity index (χ1v) is 8.26. The van der Waals surface area contributed by atoms with E-state index < -0.39 is 10.0 Å². The molecule has 1 heterocycles. The lowest BCUT2D eigenvalue weighted by atomic mass is 10.3. The molecule has 2 N–H and O–H groups in total. The first-order chi connectivity index (χ1) is 9.03. The molecule has 0 spiro atoms. The predicted octanol–water partition coefficient (Wildman–Crippen LogP) is 2.92. The summed E-state index contributed by atoms with van der Waals surface area (Å²) < 4.78 is 26.9. The maximum Gasteiger partial charge on any atom is 0.262 e. The molecule has 0 fully saturated rings. The highest BCUT2D eigenvalue weighted by Crippen LogP contribution is 2.26. The molecule has 0 bridgehead atoms. The third kappa shape index (κ3) is 3.48. The molecular formula is C12H13ClN2O2S2. The Morgan fingerprint density at radius 2 is 2.05 bits per heavy atom. The molecule has 0 saturated carbocycles. The lowest BCUT2D eigenvalue weighted by molar-refractivity contribution is 0.601. The molecule has 0 radical (unpaired) electrons. The monoisotopic (exact) mass is 316 g/mol. The highest BCUT2D eigenvalue weighted by Gasteiger charge is 2.17. The molecule has 0 aliphatic heterocycles. The highest BCUT2D eigenvalue weighted by atomic mass is 35.5. The van der Waals surface area contributed by atoms with E-state index in [-0.39, 0.29) is 4.90 Å². The third-order valence-electron chi connectivity index (χ3n) is 2.41. The Balaban J connectivity index is 2.25. The van der Waals surface area contributed by atoms with E-state index in [1.54, 1.807) is 35.7 Å². The molecule has 0 atom stereocenters. The van der Waals surface area contributed by atoms with Gasteiger partial charge in [-0.1, -0.05) is 23.7 Å². The molecule has 7 heteroatoms. The number of anilines is 1. The van der Waals surface area contributed by atoms with E-state index in [0.29, 0.717) is 17.3 Å². The number of halogens is 1. The summed E-state index contributed by atoms with van der Waals surface area (Å²) in [5.74, 6) is 0. The van der Waals surface area contributed by atoms with Crippen LogP contribution in [0.1, 0.15) is 4.88 Å². The van der Waals surface area contributed by atoms with Gasteiger partial charge in [0.05, 0.1) is 15.6 Å². The van der Waals surface area contributed by atoms with Gasteiger partial charge in [-0.3, -0.25) is 4.72 Å². The summed E-state index contributed by atoms with van der Waals surface area (Å²) in [6.07, 6.45) is 0. The number of hydrogen-bond acceptors (Lipinski definition) is 4. The number of para-hydroxylation sites is 1. The van der Waals surface area contributed by atoms with E-state index >= 15 is 0 Å². The molecule has 2 aromatic rings. The van der Waals surface area contributed by atoms with Gasteiger partial charge in [0.15, 0.2) is 0 Å². The maximum atomic E-state index is 12.2. The summed E-state index contributed by atoms with van der Waals surface area (Å²) in [4.78, 5) is 1.21. The van der Waals surface area contributed by atoms with Crippen LogP contribution in [0.5, 0.6) is 0 Å². The second-order valence-electron chi connectivity index (χ2n) is 3.86. The number of sulfonamides is 1. The van der Waals surface area contributed by atoms with E-state index in [4.69, 9.17) is 11.6 Å². The van der Waals surface area contributed by atoms with Crippen LogP contribution in [-0.4, -0.2) is 15.5 Å². The van der Waals surface area contributed by atoms with Gasteiger partial charge in [0.1, 0.15) is 0 Å². The topological polar surface area (TPSA) is 58.2 Å². The molecule has 0 amide bonds. The van der Waals surface area contributed by atoms with Crippen LogP contribution in [-0.2, 0) is 16.6 Å². The van der Waals surface area contributed by atoms with E-state index in [1.807, 2.05) is 7.05 Å². The quantitative estimate of drug-likeness (QED) is 0.891. The molecule has 0 aliphatic carbocycles. The zero-order chi connectivity index (χ0) is 13.9. The van der Waals surface area contributed by atoms with Crippen LogP contribution in [0.25, 0.3) is 0 Å². The van der Waals surface area contributed by atoms with E-state index in [1.165, 1.54) is 11.3 Å².